The summed E-state index contributed by atoms with van der Waals surface area (Å²) in [6, 6.07) is 21.5. The lowest BCUT2D eigenvalue weighted by molar-refractivity contribution is -0.123. The van der Waals surface area contributed by atoms with Gasteiger partial charge in [0.2, 0.25) is 21.9 Å². The average molecular weight is 589 g/mol. The number of para-hydroxylation sites is 1. The van der Waals surface area contributed by atoms with Gasteiger partial charge in [0.1, 0.15) is 17.6 Å². The number of sulfonamides is 1. The van der Waals surface area contributed by atoms with Crippen molar-refractivity contribution in [2.45, 2.75) is 55.1 Å². The zero-order chi connectivity index (χ0) is 29.7. The molecular formula is C31H36N6O4S. The minimum Gasteiger partial charge on any atom is -0.508 e. The molecule has 0 bridgehead atoms. The highest BCUT2D eigenvalue weighted by Gasteiger charge is 2.30. The highest BCUT2D eigenvalue weighted by molar-refractivity contribution is 7.89. The first-order chi connectivity index (χ1) is 20.2. The first-order valence-corrected chi connectivity index (χ1v) is 15.5. The van der Waals surface area contributed by atoms with E-state index in [4.69, 9.17) is 9.97 Å². The number of hydrogen-bond donors (Lipinski definition) is 4. The lowest BCUT2D eigenvalue weighted by Crippen LogP contribution is -2.51. The largest absolute Gasteiger partial charge is 0.508 e. The van der Waals surface area contributed by atoms with Crippen molar-refractivity contribution >= 4 is 38.6 Å². The molecule has 1 fully saturated rings. The van der Waals surface area contributed by atoms with Crippen LogP contribution in [0.25, 0.3) is 10.9 Å². The third-order valence-electron chi connectivity index (χ3n) is 7.46. The molecule has 0 spiro atoms. The zero-order valence-electron chi connectivity index (χ0n) is 23.7. The van der Waals surface area contributed by atoms with Gasteiger partial charge in [-0.15, -0.1) is 0 Å². The molecule has 1 heterocycles. The van der Waals surface area contributed by atoms with Crippen LogP contribution in [-0.4, -0.2) is 61.6 Å². The van der Waals surface area contributed by atoms with E-state index in [-0.39, 0.29) is 35.1 Å². The standard InChI is InChI=1S/C31H36N6O4S/c1-37(2)29-26-10-6-7-11-27(26)34-31(35-29)33-23-14-12-22(13-15-23)32-30(39)28(20-21-8-4-3-5-9-21)36-42(40,41)25-18-16-24(38)17-19-25/h3-11,16-19,22-23,28,36,38H,12-15,20H2,1-2H3,(H,32,39)(H,33,34,35)/t22?,23?,28-/m0/s1. The Morgan fingerprint density at radius 2 is 1.55 bits per heavy atom. The second-order valence-electron chi connectivity index (χ2n) is 10.8. The summed E-state index contributed by atoms with van der Waals surface area (Å²) in [5.41, 5.74) is 1.71. The van der Waals surface area contributed by atoms with Gasteiger partial charge in [-0.25, -0.2) is 13.4 Å². The van der Waals surface area contributed by atoms with Gasteiger partial charge < -0.3 is 20.6 Å². The van der Waals surface area contributed by atoms with Crippen molar-refractivity contribution in [2.24, 2.45) is 0 Å². The van der Waals surface area contributed by atoms with Gasteiger partial charge in [-0.2, -0.15) is 9.71 Å². The molecular weight excluding hydrogens is 552 g/mol. The van der Waals surface area contributed by atoms with Crippen molar-refractivity contribution in [3.05, 3.63) is 84.4 Å². The minimum absolute atomic E-state index is 0.0222. The maximum absolute atomic E-state index is 13.5. The Labute approximate surface area is 246 Å². The van der Waals surface area contributed by atoms with E-state index >= 15 is 0 Å². The number of hydrogen-bond acceptors (Lipinski definition) is 8. The summed E-state index contributed by atoms with van der Waals surface area (Å²) in [7, 11) is -0.0791. The molecule has 10 nitrogen and oxygen atoms in total. The number of carbonyl (C=O) groups is 1. The third kappa shape index (κ3) is 7.15. The van der Waals surface area contributed by atoms with Gasteiger partial charge in [-0.3, -0.25) is 4.79 Å². The molecule has 4 aromatic rings. The number of amides is 1. The van der Waals surface area contributed by atoms with E-state index in [9.17, 15) is 18.3 Å². The molecule has 220 valence electrons. The number of aromatic nitrogens is 2. The van der Waals surface area contributed by atoms with E-state index in [0.29, 0.717) is 5.95 Å². The van der Waals surface area contributed by atoms with Crippen LogP contribution >= 0.6 is 0 Å². The van der Waals surface area contributed by atoms with Crippen LogP contribution < -0.4 is 20.3 Å². The fourth-order valence-corrected chi connectivity index (χ4v) is 6.45. The summed E-state index contributed by atoms with van der Waals surface area (Å²) < 4.78 is 28.8. The van der Waals surface area contributed by atoms with E-state index in [1.807, 2.05) is 73.6 Å². The van der Waals surface area contributed by atoms with Crippen molar-refractivity contribution in [3.63, 3.8) is 0 Å². The number of benzene rings is 3. The molecule has 1 aromatic heterocycles. The number of aromatic hydroxyl groups is 1. The quantitative estimate of drug-likeness (QED) is 0.220. The van der Waals surface area contributed by atoms with Crippen LogP contribution in [0.4, 0.5) is 11.8 Å². The smallest absolute Gasteiger partial charge is 0.241 e. The Kier molecular flexibility index (Phi) is 8.89. The van der Waals surface area contributed by atoms with Crippen molar-refractivity contribution in [2.75, 3.05) is 24.3 Å². The molecule has 0 radical (unpaired) electrons. The fourth-order valence-electron chi connectivity index (χ4n) is 5.25. The minimum atomic E-state index is -4.00. The maximum atomic E-state index is 13.5. The SMILES string of the molecule is CN(C)c1nc(NC2CCC(NC(=O)[C@H](Cc3ccccc3)NS(=O)(=O)c3ccc(O)cc3)CC2)nc2ccccc12. The fraction of sp³-hybridized carbons (Fsp3) is 0.323. The van der Waals surface area contributed by atoms with E-state index in [1.54, 1.807) is 0 Å². The Morgan fingerprint density at radius 1 is 0.905 bits per heavy atom. The summed E-state index contributed by atoms with van der Waals surface area (Å²) in [5.74, 6) is 1.02. The summed E-state index contributed by atoms with van der Waals surface area (Å²) in [5, 5.41) is 17.1. The Bertz CT molecular complexity index is 1620. The van der Waals surface area contributed by atoms with Crippen LogP contribution in [0, 0.1) is 0 Å². The predicted octanol–water partition coefficient (Wildman–Crippen LogP) is 3.83. The van der Waals surface area contributed by atoms with Gasteiger partial charge in [0, 0.05) is 31.6 Å². The lowest BCUT2D eigenvalue weighted by Gasteiger charge is -2.31. The van der Waals surface area contributed by atoms with Crippen LogP contribution in [-0.2, 0) is 21.2 Å². The van der Waals surface area contributed by atoms with Crippen molar-refractivity contribution < 1.29 is 18.3 Å². The van der Waals surface area contributed by atoms with Crippen LogP contribution in [0.5, 0.6) is 5.75 Å². The Morgan fingerprint density at radius 3 is 2.24 bits per heavy atom. The molecule has 1 aliphatic rings. The average Bonchev–Trinajstić information content (AvgIpc) is 2.98. The van der Waals surface area contributed by atoms with E-state index in [1.165, 1.54) is 24.3 Å². The summed E-state index contributed by atoms with van der Waals surface area (Å²) in [6.07, 6.45) is 3.29. The number of fused-ring (bicyclic) bond motifs is 1. The summed E-state index contributed by atoms with van der Waals surface area (Å²) in [6.45, 7) is 0. The van der Waals surface area contributed by atoms with Crippen LogP contribution in [0.15, 0.2) is 83.8 Å². The first kappa shape index (κ1) is 29.3. The second kappa shape index (κ2) is 12.7. The Hall–Kier alpha value is -4.22. The highest BCUT2D eigenvalue weighted by Crippen LogP contribution is 2.26. The zero-order valence-corrected chi connectivity index (χ0v) is 24.5. The number of phenols is 1. The molecule has 3 aromatic carbocycles. The number of rotatable bonds is 10. The van der Waals surface area contributed by atoms with Gasteiger partial charge in [-0.05, 0) is 74.1 Å². The van der Waals surface area contributed by atoms with E-state index in [0.717, 1.165) is 48.0 Å². The molecule has 42 heavy (non-hydrogen) atoms. The normalized spacial score (nSPS) is 17.9. The number of nitrogens with zero attached hydrogens (tertiary/aromatic N) is 3. The number of carbonyl (C=O) groups excluding carboxylic acids is 1. The van der Waals surface area contributed by atoms with Crippen molar-refractivity contribution in [3.8, 4) is 5.75 Å². The van der Waals surface area contributed by atoms with Crippen LogP contribution in [0.3, 0.4) is 0 Å². The van der Waals surface area contributed by atoms with Crippen LogP contribution in [0.2, 0.25) is 0 Å². The molecule has 5 rings (SSSR count). The van der Waals surface area contributed by atoms with Crippen molar-refractivity contribution in [1.82, 2.24) is 20.0 Å². The molecule has 0 saturated heterocycles. The van der Waals surface area contributed by atoms with Crippen molar-refractivity contribution in [1.29, 1.82) is 0 Å². The van der Waals surface area contributed by atoms with Gasteiger partial charge in [0.15, 0.2) is 0 Å². The first-order valence-electron chi connectivity index (χ1n) is 14.0. The highest BCUT2D eigenvalue weighted by atomic mass is 32.2. The lowest BCUT2D eigenvalue weighted by atomic mass is 9.91. The molecule has 0 unspecified atom stereocenters. The topological polar surface area (TPSA) is 137 Å². The van der Waals surface area contributed by atoms with Gasteiger partial charge in [0.05, 0.1) is 10.4 Å². The van der Waals surface area contributed by atoms with E-state index in [2.05, 4.69) is 15.4 Å². The Balaban J connectivity index is 1.23. The second-order valence-corrected chi connectivity index (χ2v) is 12.6. The van der Waals surface area contributed by atoms with Gasteiger partial charge >= 0.3 is 0 Å². The molecule has 1 amide bonds. The summed E-state index contributed by atoms with van der Waals surface area (Å²) in [4.78, 5) is 24.9. The third-order valence-corrected chi connectivity index (χ3v) is 8.94. The molecule has 1 saturated carbocycles. The molecule has 4 N–H and O–H groups in total. The molecule has 11 heteroatoms. The van der Waals surface area contributed by atoms with Crippen LogP contribution in [0.1, 0.15) is 31.2 Å². The maximum Gasteiger partial charge on any atom is 0.241 e. The molecule has 0 aliphatic heterocycles. The van der Waals surface area contributed by atoms with Gasteiger partial charge in [0.25, 0.3) is 0 Å². The van der Waals surface area contributed by atoms with Gasteiger partial charge in [-0.1, -0.05) is 42.5 Å². The number of nitrogens with one attached hydrogen (secondary N) is 3. The number of phenolic OH excluding ortho intramolecular Hbond substituents is 1. The van der Waals surface area contributed by atoms with E-state index < -0.39 is 16.1 Å². The molecule has 1 atom stereocenters. The number of anilines is 2. The summed E-state index contributed by atoms with van der Waals surface area (Å²) >= 11 is 0. The predicted molar refractivity (Wildman–Crippen MR) is 164 cm³/mol. The monoisotopic (exact) mass is 588 g/mol. The molecule has 1 aliphatic carbocycles.